The van der Waals surface area contributed by atoms with Crippen molar-refractivity contribution in [2.24, 2.45) is 0 Å². The van der Waals surface area contributed by atoms with E-state index < -0.39 is 0 Å². The lowest BCUT2D eigenvalue weighted by Crippen LogP contribution is -2.10. The summed E-state index contributed by atoms with van der Waals surface area (Å²) in [4.78, 5) is 2.32. The van der Waals surface area contributed by atoms with E-state index in [2.05, 4.69) is 108 Å². The Hall–Kier alpha value is -3.58. The standard InChI is InChI=1S/C26H18N/c1-3-13-23(14-4-1)27(24-15-5-2-6-16-24)26-17-9-12-22-18-20-10-7-8-11-21(20)19-25(22)26/h1-10,12-19H. The zero-order valence-corrected chi connectivity index (χ0v) is 14.8. The molecule has 0 saturated heterocycles. The topological polar surface area (TPSA) is 3.24 Å². The fraction of sp³-hybridized carbons (Fsp3) is 0. The van der Waals surface area contributed by atoms with E-state index in [1.54, 1.807) is 0 Å². The smallest absolute Gasteiger partial charge is 0.0540 e. The van der Waals surface area contributed by atoms with Crippen LogP contribution in [-0.4, -0.2) is 0 Å². The van der Waals surface area contributed by atoms with Gasteiger partial charge >= 0.3 is 0 Å². The second-order valence-corrected chi connectivity index (χ2v) is 6.61. The van der Waals surface area contributed by atoms with Gasteiger partial charge in [0.25, 0.3) is 0 Å². The molecule has 0 unspecified atom stereocenters. The van der Waals surface area contributed by atoms with Crippen molar-refractivity contribution in [1.82, 2.24) is 0 Å². The number of hydrogen-bond donors (Lipinski definition) is 0. The van der Waals surface area contributed by atoms with Crippen LogP contribution in [0.15, 0.2) is 109 Å². The summed E-state index contributed by atoms with van der Waals surface area (Å²) in [5.41, 5.74) is 3.46. The summed E-state index contributed by atoms with van der Waals surface area (Å²) in [5.74, 6) is 0. The molecule has 0 spiro atoms. The Morgan fingerprint density at radius 1 is 0.556 bits per heavy atom. The molecule has 0 aromatic heterocycles. The van der Waals surface area contributed by atoms with Gasteiger partial charge in [-0.05, 0) is 64.7 Å². The van der Waals surface area contributed by atoms with Gasteiger partial charge in [0.1, 0.15) is 0 Å². The second-order valence-electron chi connectivity index (χ2n) is 6.61. The highest BCUT2D eigenvalue weighted by atomic mass is 15.1. The molecule has 0 bridgehead atoms. The van der Waals surface area contributed by atoms with Crippen LogP contribution < -0.4 is 4.90 Å². The van der Waals surface area contributed by atoms with Gasteiger partial charge in [0.15, 0.2) is 0 Å². The molecule has 1 radical (unpaired) electrons. The summed E-state index contributed by atoms with van der Waals surface area (Å²) in [6.07, 6.45) is 0. The van der Waals surface area contributed by atoms with Gasteiger partial charge in [0.2, 0.25) is 0 Å². The van der Waals surface area contributed by atoms with Gasteiger partial charge < -0.3 is 4.90 Å². The summed E-state index contributed by atoms with van der Waals surface area (Å²) in [6, 6.07) is 41.6. The molecule has 0 amide bonds. The van der Waals surface area contributed by atoms with Crippen LogP contribution in [0.25, 0.3) is 21.5 Å². The molecule has 0 fully saturated rings. The van der Waals surface area contributed by atoms with Crippen molar-refractivity contribution in [2.75, 3.05) is 4.90 Å². The first-order valence-electron chi connectivity index (χ1n) is 9.13. The largest absolute Gasteiger partial charge is 0.310 e. The van der Waals surface area contributed by atoms with Crippen molar-refractivity contribution in [1.29, 1.82) is 0 Å². The lowest BCUT2D eigenvalue weighted by atomic mass is 10.0. The predicted octanol–water partition coefficient (Wildman–Crippen LogP) is 7.26. The molecule has 27 heavy (non-hydrogen) atoms. The van der Waals surface area contributed by atoms with Gasteiger partial charge in [0.05, 0.1) is 5.69 Å². The highest BCUT2D eigenvalue weighted by Gasteiger charge is 2.14. The molecule has 5 rings (SSSR count). The molecule has 1 heteroatoms. The van der Waals surface area contributed by atoms with E-state index in [9.17, 15) is 0 Å². The van der Waals surface area contributed by atoms with Gasteiger partial charge in [-0.2, -0.15) is 0 Å². The highest BCUT2D eigenvalue weighted by molar-refractivity contribution is 6.05. The molecule has 1 nitrogen and oxygen atoms in total. The number of nitrogens with zero attached hydrogens (tertiary/aromatic N) is 1. The summed E-state index contributed by atoms with van der Waals surface area (Å²) < 4.78 is 0. The number of fused-ring (bicyclic) bond motifs is 2. The zero-order chi connectivity index (χ0) is 18.1. The van der Waals surface area contributed by atoms with Crippen LogP contribution in [0.4, 0.5) is 17.1 Å². The van der Waals surface area contributed by atoms with E-state index in [-0.39, 0.29) is 0 Å². The van der Waals surface area contributed by atoms with Gasteiger partial charge in [-0.15, -0.1) is 0 Å². The van der Waals surface area contributed by atoms with E-state index in [0.717, 1.165) is 16.8 Å². The fourth-order valence-electron chi connectivity index (χ4n) is 3.66. The number of benzene rings is 5. The van der Waals surface area contributed by atoms with Crippen LogP contribution in [0.2, 0.25) is 0 Å². The number of hydrogen-bond acceptors (Lipinski definition) is 1. The van der Waals surface area contributed by atoms with E-state index in [4.69, 9.17) is 0 Å². The third-order valence-electron chi connectivity index (χ3n) is 4.91. The Kier molecular flexibility index (Phi) is 3.84. The average molecular weight is 344 g/mol. The Bertz CT molecular complexity index is 1170. The number of rotatable bonds is 3. The molecule has 0 aliphatic carbocycles. The molecule has 0 saturated carbocycles. The zero-order valence-electron chi connectivity index (χ0n) is 14.8. The molecular formula is C26H18N. The lowest BCUT2D eigenvalue weighted by molar-refractivity contribution is 1.30. The minimum atomic E-state index is 1.14. The van der Waals surface area contributed by atoms with E-state index in [0.29, 0.717) is 0 Å². The molecule has 5 aromatic carbocycles. The minimum Gasteiger partial charge on any atom is -0.310 e. The van der Waals surface area contributed by atoms with Gasteiger partial charge in [-0.3, -0.25) is 0 Å². The van der Waals surface area contributed by atoms with Gasteiger partial charge in [-0.1, -0.05) is 66.7 Å². The summed E-state index contributed by atoms with van der Waals surface area (Å²) >= 11 is 0. The van der Waals surface area contributed by atoms with Crippen molar-refractivity contribution >= 4 is 38.6 Å². The van der Waals surface area contributed by atoms with Crippen molar-refractivity contribution < 1.29 is 0 Å². The van der Waals surface area contributed by atoms with E-state index in [1.165, 1.54) is 21.8 Å². The fourth-order valence-corrected chi connectivity index (χ4v) is 3.66. The van der Waals surface area contributed by atoms with Crippen LogP contribution in [0.5, 0.6) is 0 Å². The third kappa shape index (κ3) is 2.84. The SMILES string of the molecule is [c]1cccc2cc3cccc(N(c4ccccc4)c4ccccc4)c3cc12. The Balaban J connectivity index is 1.81. The molecule has 0 aliphatic heterocycles. The van der Waals surface area contributed by atoms with Gasteiger partial charge in [0, 0.05) is 16.8 Å². The van der Waals surface area contributed by atoms with Crippen LogP contribution in [-0.2, 0) is 0 Å². The molecule has 0 atom stereocenters. The minimum absolute atomic E-state index is 1.14. The first kappa shape index (κ1) is 15.7. The van der Waals surface area contributed by atoms with Gasteiger partial charge in [-0.25, -0.2) is 0 Å². The second kappa shape index (κ2) is 6.62. The predicted molar refractivity (Wildman–Crippen MR) is 115 cm³/mol. The van der Waals surface area contributed by atoms with Crippen molar-refractivity contribution in [2.45, 2.75) is 0 Å². The quantitative estimate of drug-likeness (QED) is 0.311. The van der Waals surface area contributed by atoms with E-state index >= 15 is 0 Å². The highest BCUT2D eigenvalue weighted by Crippen LogP contribution is 2.39. The van der Waals surface area contributed by atoms with Crippen molar-refractivity contribution in [3.05, 3.63) is 115 Å². The maximum atomic E-state index is 3.37. The number of para-hydroxylation sites is 2. The van der Waals surface area contributed by atoms with Crippen LogP contribution >= 0.6 is 0 Å². The monoisotopic (exact) mass is 344 g/mol. The summed E-state index contributed by atoms with van der Waals surface area (Å²) in [5, 5.41) is 4.81. The van der Waals surface area contributed by atoms with Crippen LogP contribution in [0.1, 0.15) is 0 Å². The molecule has 127 valence electrons. The average Bonchev–Trinajstić information content (AvgIpc) is 2.74. The maximum absolute atomic E-state index is 3.37. The molecule has 0 aliphatic rings. The van der Waals surface area contributed by atoms with E-state index in [1.807, 2.05) is 12.1 Å². The normalized spacial score (nSPS) is 11.0. The first-order chi connectivity index (χ1) is 13.4. The maximum Gasteiger partial charge on any atom is 0.0540 e. The number of anilines is 3. The molecule has 5 aromatic rings. The Morgan fingerprint density at radius 2 is 1.22 bits per heavy atom. The van der Waals surface area contributed by atoms with Crippen molar-refractivity contribution in [3.63, 3.8) is 0 Å². The van der Waals surface area contributed by atoms with Crippen molar-refractivity contribution in [3.8, 4) is 0 Å². The van der Waals surface area contributed by atoms with Crippen LogP contribution in [0, 0.1) is 6.07 Å². The lowest BCUT2D eigenvalue weighted by Gasteiger charge is -2.27. The van der Waals surface area contributed by atoms with Crippen LogP contribution in [0.3, 0.4) is 0 Å². The first-order valence-corrected chi connectivity index (χ1v) is 9.13. The summed E-state index contributed by atoms with van der Waals surface area (Å²) in [7, 11) is 0. The molecular weight excluding hydrogens is 326 g/mol. The molecule has 0 heterocycles. The molecule has 0 N–H and O–H groups in total. The Labute approximate surface area is 159 Å². The summed E-state index contributed by atoms with van der Waals surface area (Å²) in [6.45, 7) is 0. The third-order valence-corrected chi connectivity index (χ3v) is 4.91. The Morgan fingerprint density at radius 3 is 1.93 bits per heavy atom.